The lowest BCUT2D eigenvalue weighted by molar-refractivity contribution is 0.410. The van der Waals surface area contributed by atoms with Gasteiger partial charge in [0.05, 0.1) is 0 Å². The van der Waals surface area contributed by atoms with Gasteiger partial charge in [0.1, 0.15) is 5.03 Å². The topological polar surface area (TPSA) is 38.9 Å². The van der Waals surface area contributed by atoms with Crippen molar-refractivity contribution < 1.29 is 4.52 Å². The first-order chi connectivity index (χ1) is 11.3. The van der Waals surface area contributed by atoms with E-state index in [0.717, 1.165) is 16.5 Å². The predicted octanol–water partition coefficient (Wildman–Crippen LogP) is 5.69. The van der Waals surface area contributed by atoms with Crippen LogP contribution in [0.1, 0.15) is 11.5 Å². The molecule has 0 atom stereocenters. The van der Waals surface area contributed by atoms with Gasteiger partial charge >= 0.3 is 0 Å². The minimum absolute atomic E-state index is 0.320. The Balaban J connectivity index is 1.67. The summed E-state index contributed by atoms with van der Waals surface area (Å²) in [5.41, 5.74) is 1.92. The van der Waals surface area contributed by atoms with E-state index in [2.05, 4.69) is 34.4 Å². The molecule has 2 aromatic carbocycles. The summed E-state index contributed by atoms with van der Waals surface area (Å²) >= 11 is 7.92. The van der Waals surface area contributed by atoms with E-state index in [4.69, 9.17) is 16.1 Å². The molecule has 0 aliphatic rings. The molecular weight excluding hydrogens is 328 g/mol. The predicted molar refractivity (Wildman–Crippen MR) is 95.3 cm³/mol. The summed E-state index contributed by atoms with van der Waals surface area (Å²) in [6, 6.07) is 16.3. The molecule has 0 fully saturated rings. The van der Waals surface area contributed by atoms with Crippen molar-refractivity contribution in [3.05, 3.63) is 70.7 Å². The molecule has 2 heterocycles. The number of nitrogens with zero attached hydrogens (tertiary/aromatic N) is 2. The van der Waals surface area contributed by atoms with Crippen LogP contribution in [0.25, 0.3) is 33.3 Å². The second-order valence-electron chi connectivity index (χ2n) is 5.03. The summed E-state index contributed by atoms with van der Waals surface area (Å²) < 4.78 is 5.25. The van der Waals surface area contributed by atoms with Crippen molar-refractivity contribution in [2.24, 2.45) is 0 Å². The van der Waals surface area contributed by atoms with Crippen molar-refractivity contribution in [3.8, 4) is 11.4 Å². The average molecular weight is 339 g/mol. The van der Waals surface area contributed by atoms with Gasteiger partial charge in [0.15, 0.2) is 0 Å². The molecule has 4 rings (SSSR count). The van der Waals surface area contributed by atoms with Gasteiger partial charge in [0.25, 0.3) is 5.89 Å². The summed E-state index contributed by atoms with van der Waals surface area (Å²) in [5, 5.41) is 10.7. The zero-order chi connectivity index (χ0) is 15.6. The molecule has 2 aromatic heterocycles. The number of halogens is 1. The molecule has 0 saturated carbocycles. The standard InChI is InChI=1S/C18H11ClN2OS/c19-16(18-20-17(21-22-18)15-7-8-23-11-15)10-12-5-6-13-3-1-2-4-14(13)9-12/h1-11H/b16-10-. The number of hydrogen-bond acceptors (Lipinski definition) is 4. The van der Waals surface area contributed by atoms with Crippen LogP contribution in [0.15, 0.2) is 63.8 Å². The molecule has 0 spiro atoms. The Morgan fingerprint density at radius 1 is 1.09 bits per heavy atom. The van der Waals surface area contributed by atoms with Crippen LogP contribution >= 0.6 is 22.9 Å². The zero-order valence-corrected chi connectivity index (χ0v) is 13.5. The third-order valence-corrected chi connectivity index (χ3v) is 4.43. The number of thiophene rings is 1. The van der Waals surface area contributed by atoms with Gasteiger partial charge in [-0.25, -0.2) is 0 Å². The summed E-state index contributed by atoms with van der Waals surface area (Å²) in [4.78, 5) is 4.34. The number of rotatable bonds is 3. The Morgan fingerprint density at radius 3 is 2.78 bits per heavy atom. The maximum atomic E-state index is 6.33. The third kappa shape index (κ3) is 2.91. The number of hydrogen-bond donors (Lipinski definition) is 0. The molecule has 0 amide bonds. The van der Waals surface area contributed by atoms with Crippen molar-refractivity contribution in [2.45, 2.75) is 0 Å². The van der Waals surface area contributed by atoms with E-state index >= 15 is 0 Å². The first-order valence-electron chi connectivity index (χ1n) is 7.02. The fourth-order valence-corrected chi connectivity index (χ4v) is 3.17. The third-order valence-electron chi connectivity index (χ3n) is 3.48. The van der Waals surface area contributed by atoms with Gasteiger partial charge in [0.2, 0.25) is 5.82 Å². The maximum absolute atomic E-state index is 6.33. The highest BCUT2D eigenvalue weighted by Gasteiger charge is 2.11. The molecule has 0 aliphatic carbocycles. The molecule has 0 N–H and O–H groups in total. The SMILES string of the molecule is Cl/C(=C\c1ccc2ccccc2c1)c1nc(-c2ccsc2)no1. The van der Waals surface area contributed by atoms with Gasteiger partial charge in [-0.1, -0.05) is 53.2 Å². The molecule has 0 radical (unpaired) electrons. The van der Waals surface area contributed by atoms with Gasteiger partial charge in [-0.15, -0.1) is 0 Å². The Kier molecular flexibility index (Phi) is 3.69. The van der Waals surface area contributed by atoms with E-state index in [0.29, 0.717) is 16.7 Å². The van der Waals surface area contributed by atoms with Crippen LogP contribution in [0.3, 0.4) is 0 Å². The van der Waals surface area contributed by atoms with Crippen LogP contribution in [0.4, 0.5) is 0 Å². The van der Waals surface area contributed by atoms with Crippen LogP contribution in [0, 0.1) is 0 Å². The quantitative estimate of drug-likeness (QED) is 0.481. The molecule has 3 nitrogen and oxygen atoms in total. The van der Waals surface area contributed by atoms with Crippen LogP contribution in [0.5, 0.6) is 0 Å². The first kappa shape index (κ1) is 14.2. The van der Waals surface area contributed by atoms with Crippen LogP contribution < -0.4 is 0 Å². The number of fused-ring (bicyclic) bond motifs is 1. The second kappa shape index (κ2) is 5.99. The minimum Gasteiger partial charge on any atom is -0.333 e. The maximum Gasteiger partial charge on any atom is 0.269 e. The van der Waals surface area contributed by atoms with E-state index in [9.17, 15) is 0 Å². The number of benzene rings is 2. The normalized spacial score (nSPS) is 12.0. The zero-order valence-electron chi connectivity index (χ0n) is 11.9. The minimum atomic E-state index is 0.320. The number of aromatic nitrogens is 2. The lowest BCUT2D eigenvalue weighted by atomic mass is 10.1. The molecule has 0 saturated heterocycles. The Bertz CT molecular complexity index is 989. The van der Waals surface area contributed by atoms with Crippen molar-refractivity contribution in [1.29, 1.82) is 0 Å². The largest absolute Gasteiger partial charge is 0.333 e. The molecule has 23 heavy (non-hydrogen) atoms. The molecule has 0 aliphatic heterocycles. The van der Waals surface area contributed by atoms with Gasteiger partial charge in [0, 0.05) is 10.9 Å². The molecule has 0 unspecified atom stereocenters. The van der Waals surface area contributed by atoms with Crippen molar-refractivity contribution in [2.75, 3.05) is 0 Å². The Hall–Kier alpha value is -2.43. The highest BCUT2D eigenvalue weighted by Crippen LogP contribution is 2.26. The highest BCUT2D eigenvalue weighted by molar-refractivity contribution is 7.08. The highest BCUT2D eigenvalue weighted by atomic mass is 35.5. The summed E-state index contributed by atoms with van der Waals surface area (Å²) in [7, 11) is 0. The van der Waals surface area contributed by atoms with Gasteiger partial charge in [-0.05, 0) is 39.9 Å². The van der Waals surface area contributed by atoms with Gasteiger partial charge in [-0.3, -0.25) is 0 Å². The van der Waals surface area contributed by atoms with Crippen molar-refractivity contribution >= 4 is 44.8 Å². The van der Waals surface area contributed by atoms with Crippen molar-refractivity contribution in [1.82, 2.24) is 10.1 Å². The monoisotopic (exact) mass is 338 g/mol. The molecule has 5 heteroatoms. The van der Waals surface area contributed by atoms with Crippen LogP contribution in [-0.4, -0.2) is 10.1 Å². The summed E-state index contributed by atoms with van der Waals surface area (Å²) in [6.45, 7) is 0. The van der Waals surface area contributed by atoms with Gasteiger partial charge in [-0.2, -0.15) is 16.3 Å². The van der Waals surface area contributed by atoms with E-state index in [1.807, 2.05) is 41.1 Å². The molecular formula is C18H11ClN2OS. The molecule has 4 aromatic rings. The van der Waals surface area contributed by atoms with Crippen molar-refractivity contribution in [3.63, 3.8) is 0 Å². The molecule has 112 valence electrons. The second-order valence-corrected chi connectivity index (χ2v) is 6.22. The fraction of sp³-hybridized carbons (Fsp3) is 0. The average Bonchev–Trinajstić information content (AvgIpc) is 3.26. The van der Waals surface area contributed by atoms with E-state index in [1.165, 1.54) is 5.39 Å². The van der Waals surface area contributed by atoms with Crippen LogP contribution in [0.2, 0.25) is 0 Å². The fourth-order valence-electron chi connectivity index (χ4n) is 2.34. The summed E-state index contributed by atoms with van der Waals surface area (Å²) in [6.07, 6.45) is 1.83. The van der Waals surface area contributed by atoms with E-state index < -0.39 is 0 Å². The smallest absolute Gasteiger partial charge is 0.269 e. The van der Waals surface area contributed by atoms with E-state index in [1.54, 1.807) is 11.3 Å². The molecule has 0 bridgehead atoms. The van der Waals surface area contributed by atoms with E-state index in [-0.39, 0.29) is 0 Å². The lowest BCUT2D eigenvalue weighted by Gasteiger charge is -1.99. The first-order valence-corrected chi connectivity index (χ1v) is 8.34. The lowest BCUT2D eigenvalue weighted by Crippen LogP contribution is -1.80. The Morgan fingerprint density at radius 2 is 1.96 bits per heavy atom. The van der Waals surface area contributed by atoms with Gasteiger partial charge < -0.3 is 4.52 Å². The summed E-state index contributed by atoms with van der Waals surface area (Å²) in [5.74, 6) is 0.868. The Labute approximate surface area is 141 Å². The van der Waals surface area contributed by atoms with Crippen LogP contribution in [-0.2, 0) is 0 Å².